The number of aromatic nitrogens is 2. The van der Waals surface area contributed by atoms with E-state index in [4.69, 9.17) is 16.1 Å². The number of anilines is 2. The van der Waals surface area contributed by atoms with Gasteiger partial charge in [0.25, 0.3) is 5.71 Å². The fourth-order valence-electron chi connectivity index (χ4n) is 1.57. The van der Waals surface area contributed by atoms with Gasteiger partial charge in [0, 0.05) is 16.9 Å². The number of benzene rings is 1. The molecule has 0 unspecified atom stereocenters. The van der Waals surface area contributed by atoms with Crippen molar-refractivity contribution in [3.05, 3.63) is 47.6 Å². The summed E-state index contributed by atoms with van der Waals surface area (Å²) >= 11 is 5.91. The molecule has 0 saturated carbocycles. The van der Waals surface area contributed by atoms with E-state index in [0.717, 1.165) is 11.1 Å². The van der Waals surface area contributed by atoms with Gasteiger partial charge in [-0.1, -0.05) is 22.8 Å². The third-order valence-electron chi connectivity index (χ3n) is 2.34. The van der Waals surface area contributed by atoms with Crippen LogP contribution in [-0.4, -0.2) is 10.1 Å². The van der Waals surface area contributed by atoms with Gasteiger partial charge in [0.15, 0.2) is 5.82 Å². The van der Waals surface area contributed by atoms with Crippen LogP contribution >= 0.6 is 11.6 Å². The van der Waals surface area contributed by atoms with E-state index in [1.807, 2.05) is 36.4 Å². The minimum absolute atomic E-state index is 0.511. The van der Waals surface area contributed by atoms with E-state index in [1.54, 1.807) is 6.20 Å². The van der Waals surface area contributed by atoms with Gasteiger partial charge in [-0.3, -0.25) is 0 Å². The molecule has 0 amide bonds. The van der Waals surface area contributed by atoms with Crippen molar-refractivity contribution < 1.29 is 4.52 Å². The van der Waals surface area contributed by atoms with E-state index >= 15 is 0 Å². The van der Waals surface area contributed by atoms with Crippen molar-refractivity contribution >= 4 is 34.2 Å². The van der Waals surface area contributed by atoms with E-state index in [1.165, 1.54) is 0 Å². The first-order chi connectivity index (χ1) is 8.33. The van der Waals surface area contributed by atoms with Gasteiger partial charge in [-0.15, -0.1) is 0 Å². The summed E-state index contributed by atoms with van der Waals surface area (Å²) in [6.45, 7) is 0. The Hall–Kier alpha value is -2.07. The van der Waals surface area contributed by atoms with Crippen molar-refractivity contribution in [3.63, 3.8) is 0 Å². The lowest BCUT2D eigenvalue weighted by Crippen LogP contribution is -1.90. The number of nitrogens with one attached hydrogen (secondary N) is 1. The first-order valence-electron chi connectivity index (χ1n) is 5.06. The Morgan fingerprint density at radius 1 is 1.18 bits per heavy atom. The van der Waals surface area contributed by atoms with Crippen LogP contribution in [0.3, 0.4) is 0 Å². The van der Waals surface area contributed by atoms with Crippen LogP contribution in [0.1, 0.15) is 0 Å². The minimum Gasteiger partial charge on any atom is -0.337 e. The van der Waals surface area contributed by atoms with E-state index in [0.29, 0.717) is 16.6 Å². The van der Waals surface area contributed by atoms with Crippen LogP contribution in [0.5, 0.6) is 0 Å². The van der Waals surface area contributed by atoms with Crippen LogP contribution in [0.4, 0.5) is 11.5 Å². The van der Waals surface area contributed by atoms with Gasteiger partial charge in [-0.25, -0.2) is 4.98 Å². The summed E-state index contributed by atoms with van der Waals surface area (Å²) in [5.74, 6) is 0.635. The van der Waals surface area contributed by atoms with E-state index in [9.17, 15) is 0 Å². The topological polar surface area (TPSA) is 51.0 Å². The van der Waals surface area contributed by atoms with Crippen LogP contribution in [-0.2, 0) is 0 Å². The molecule has 0 radical (unpaired) electrons. The molecule has 0 saturated heterocycles. The highest BCUT2D eigenvalue weighted by molar-refractivity contribution is 6.30. The first kappa shape index (κ1) is 10.1. The van der Waals surface area contributed by atoms with Gasteiger partial charge >= 0.3 is 0 Å². The van der Waals surface area contributed by atoms with Crippen molar-refractivity contribution in [1.82, 2.24) is 10.1 Å². The largest absolute Gasteiger partial charge is 0.337 e. The molecule has 2 heterocycles. The highest BCUT2D eigenvalue weighted by Crippen LogP contribution is 2.25. The second-order valence-corrected chi connectivity index (χ2v) is 3.96. The Kier molecular flexibility index (Phi) is 2.42. The number of nitrogens with zero attached hydrogens (tertiary/aromatic N) is 2. The summed E-state index contributed by atoms with van der Waals surface area (Å²) in [6.07, 6.45) is 1.66. The predicted octanol–water partition coefficient (Wildman–Crippen LogP) is 3.62. The van der Waals surface area contributed by atoms with E-state index in [2.05, 4.69) is 15.5 Å². The van der Waals surface area contributed by atoms with E-state index in [-0.39, 0.29) is 0 Å². The molecule has 3 rings (SSSR count). The highest BCUT2D eigenvalue weighted by atomic mass is 35.5. The third-order valence-corrected chi connectivity index (χ3v) is 2.57. The molecule has 2 aromatic heterocycles. The molecule has 17 heavy (non-hydrogen) atoms. The average molecular weight is 246 g/mol. The lowest BCUT2D eigenvalue weighted by Gasteiger charge is -2.02. The van der Waals surface area contributed by atoms with Crippen LogP contribution in [0.25, 0.3) is 11.1 Å². The quantitative estimate of drug-likeness (QED) is 0.749. The van der Waals surface area contributed by atoms with Crippen LogP contribution in [0, 0.1) is 0 Å². The third kappa shape index (κ3) is 1.94. The second-order valence-electron chi connectivity index (χ2n) is 3.52. The summed E-state index contributed by atoms with van der Waals surface area (Å²) < 4.78 is 5.09. The fraction of sp³-hybridized carbons (Fsp3) is 0. The van der Waals surface area contributed by atoms with Gasteiger partial charge in [0.2, 0.25) is 0 Å². The van der Waals surface area contributed by atoms with Crippen LogP contribution in [0.2, 0.25) is 5.02 Å². The Morgan fingerprint density at radius 3 is 3.00 bits per heavy atom. The van der Waals surface area contributed by atoms with Crippen molar-refractivity contribution in [2.45, 2.75) is 0 Å². The van der Waals surface area contributed by atoms with Gasteiger partial charge in [0.1, 0.15) is 0 Å². The molecule has 84 valence electrons. The molecule has 0 bridgehead atoms. The monoisotopic (exact) mass is 245 g/mol. The summed E-state index contributed by atoms with van der Waals surface area (Å²) in [5, 5.41) is 8.57. The Morgan fingerprint density at radius 2 is 2.12 bits per heavy atom. The smallest absolute Gasteiger partial charge is 0.259 e. The lowest BCUT2D eigenvalue weighted by atomic mass is 10.3. The van der Waals surface area contributed by atoms with Crippen molar-refractivity contribution in [2.24, 2.45) is 0 Å². The molecule has 0 fully saturated rings. The normalized spacial score (nSPS) is 10.6. The molecule has 0 atom stereocenters. The maximum absolute atomic E-state index is 5.91. The predicted molar refractivity (Wildman–Crippen MR) is 66.5 cm³/mol. The lowest BCUT2D eigenvalue weighted by molar-refractivity contribution is 0.452. The molecule has 0 aliphatic carbocycles. The number of pyridine rings is 1. The van der Waals surface area contributed by atoms with Gasteiger partial charge < -0.3 is 9.84 Å². The Balaban J connectivity index is 2.00. The first-order valence-corrected chi connectivity index (χ1v) is 5.44. The maximum atomic E-state index is 5.91. The molecule has 0 aliphatic heterocycles. The number of fused-ring (bicyclic) bond motifs is 1. The molecular weight excluding hydrogens is 238 g/mol. The maximum Gasteiger partial charge on any atom is 0.259 e. The SMILES string of the molecule is Clc1cccc(Nc2noc3ncccc23)c1. The van der Waals surface area contributed by atoms with Gasteiger partial charge in [-0.2, -0.15) is 0 Å². The zero-order chi connectivity index (χ0) is 11.7. The summed E-state index contributed by atoms with van der Waals surface area (Å²) in [6, 6.07) is 11.1. The van der Waals surface area contributed by atoms with Gasteiger partial charge in [0.05, 0.1) is 5.39 Å². The van der Waals surface area contributed by atoms with Crippen molar-refractivity contribution in [2.75, 3.05) is 5.32 Å². The number of rotatable bonds is 2. The molecule has 5 heteroatoms. The summed E-state index contributed by atoms with van der Waals surface area (Å²) in [7, 11) is 0. The molecular formula is C12H8ClN3O. The van der Waals surface area contributed by atoms with Crippen LogP contribution in [0.15, 0.2) is 47.1 Å². The minimum atomic E-state index is 0.511. The summed E-state index contributed by atoms with van der Waals surface area (Å²) in [5.41, 5.74) is 1.37. The Bertz CT molecular complexity index is 665. The van der Waals surface area contributed by atoms with Crippen LogP contribution < -0.4 is 5.32 Å². The molecule has 0 aliphatic rings. The molecule has 0 spiro atoms. The standard InChI is InChI=1S/C12H8ClN3O/c13-8-3-1-4-9(7-8)15-11-10-5-2-6-14-12(10)17-16-11/h1-7H,(H,15,16). The molecule has 4 nitrogen and oxygen atoms in total. The fourth-order valence-corrected chi connectivity index (χ4v) is 1.77. The van der Waals surface area contributed by atoms with Crippen molar-refractivity contribution in [1.29, 1.82) is 0 Å². The Labute approximate surface area is 102 Å². The van der Waals surface area contributed by atoms with Crippen molar-refractivity contribution in [3.8, 4) is 0 Å². The second kappa shape index (κ2) is 4.07. The zero-order valence-corrected chi connectivity index (χ0v) is 9.48. The van der Waals surface area contributed by atoms with Gasteiger partial charge in [-0.05, 0) is 30.3 Å². The highest BCUT2D eigenvalue weighted by Gasteiger charge is 2.08. The average Bonchev–Trinajstić information content (AvgIpc) is 2.73. The number of halogens is 1. The molecule has 3 aromatic rings. The zero-order valence-electron chi connectivity index (χ0n) is 8.72. The molecule has 1 aromatic carbocycles. The number of hydrogen-bond donors (Lipinski definition) is 1. The number of hydrogen-bond acceptors (Lipinski definition) is 4. The molecule has 1 N–H and O–H groups in total. The summed E-state index contributed by atoms with van der Waals surface area (Å²) in [4.78, 5) is 4.07. The van der Waals surface area contributed by atoms with E-state index < -0.39 is 0 Å².